The number of halogens is 3. The molecule has 2 aromatic rings. The van der Waals surface area contributed by atoms with E-state index in [0.29, 0.717) is 10.6 Å². The Morgan fingerprint density at radius 1 is 1.07 bits per heavy atom. The Balaban J connectivity index is 2.63. The van der Waals surface area contributed by atoms with E-state index >= 15 is 0 Å². The Bertz CT molecular complexity index is 476. The van der Waals surface area contributed by atoms with Crippen LogP contribution in [0.5, 0.6) is 0 Å². The average Bonchev–Trinajstić information content (AvgIpc) is 2.17. The fraction of sp³-hybridized carbons (Fsp3) is 0. The van der Waals surface area contributed by atoms with E-state index < -0.39 is 0 Å². The summed E-state index contributed by atoms with van der Waals surface area (Å²) in [6.07, 6.45) is 0. The molecule has 0 radical (unpaired) electrons. The number of rotatable bonds is 1. The van der Waals surface area contributed by atoms with Crippen molar-refractivity contribution in [2.75, 3.05) is 0 Å². The fourth-order valence-corrected chi connectivity index (χ4v) is 2.09. The van der Waals surface area contributed by atoms with Crippen LogP contribution in [0.15, 0.2) is 46.9 Å². The molecule has 0 aliphatic carbocycles. The third-order valence-electron chi connectivity index (χ3n) is 2.08. The maximum atomic E-state index is 13.6. The molecule has 0 saturated carbocycles. The second kappa shape index (κ2) is 4.33. The van der Waals surface area contributed by atoms with Gasteiger partial charge in [0, 0.05) is 10.0 Å². The molecular formula is C12H7BrClF. The van der Waals surface area contributed by atoms with E-state index in [1.54, 1.807) is 12.1 Å². The van der Waals surface area contributed by atoms with Crippen LogP contribution in [0.3, 0.4) is 0 Å². The van der Waals surface area contributed by atoms with E-state index in [9.17, 15) is 4.39 Å². The Morgan fingerprint density at radius 3 is 2.47 bits per heavy atom. The molecular weight excluding hydrogens is 278 g/mol. The molecule has 15 heavy (non-hydrogen) atoms. The van der Waals surface area contributed by atoms with Crippen molar-refractivity contribution in [1.29, 1.82) is 0 Å². The van der Waals surface area contributed by atoms with Gasteiger partial charge in [-0.1, -0.05) is 45.7 Å². The molecule has 2 aromatic carbocycles. The highest BCUT2D eigenvalue weighted by Gasteiger charge is 2.08. The van der Waals surface area contributed by atoms with Crippen LogP contribution in [0.2, 0.25) is 5.02 Å². The summed E-state index contributed by atoms with van der Waals surface area (Å²) in [5.74, 6) is -0.305. The zero-order chi connectivity index (χ0) is 10.8. The van der Waals surface area contributed by atoms with Gasteiger partial charge in [-0.15, -0.1) is 0 Å². The van der Waals surface area contributed by atoms with Gasteiger partial charge in [0.1, 0.15) is 5.82 Å². The molecule has 0 heterocycles. The molecule has 0 N–H and O–H groups in total. The van der Waals surface area contributed by atoms with Gasteiger partial charge in [-0.3, -0.25) is 0 Å². The summed E-state index contributed by atoms with van der Waals surface area (Å²) in [7, 11) is 0. The summed E-state index contributed by atoms with van der Waals surface area (Å²) < 4.78 is 14.5. The van der Waals surface area contributed by atoms with Crippen molar-refractivity contribution >= 4 is 27.5 Å². The lowest BCUT2D eigenvalue weighted by Gasteiger charge is -2.06. The van der Waals surface area contributed by atoms with Crippen LogP contribution < -0.4 is 0 Å². The summed E-state index contributed by atoms with van der Waals surface area (Å²) in [5.41, 5.74) is 1.22. The lowest BCUT2D eigenvalue weighted by Crippen LogP contribution is -1.85. The molecule has 0 unspecified atom stereocenters. The molecule has 2 rings (SSSR count). The number of hydrogen-bond acceptors (Lipinski definition) is 0. The molecule has 3 heteroatoms. The van der Waals surface area contributed by atoms with Crippen molar-refractivity contribution in [3.8, 4) is 11.1 Å². The van der Waals surface area contributed by atoms with Gasteiger partial charge in [-0.05, 0) is 29.8 Å². The predicted molar refractivity (Wildman–Crippen MR) is 64.5 cm³/mol. The predicted octanol–water partition coefficient (Wildman–Crippen LogP) is 4.91. The first kappa shape index (κ1) is 10.7. The first-order valence-electron chi connectivity index (χ1n) is 4.38. The molecule has 76 valence electrons. The van der Waals surface area contributed by atoms with E-state index in [4.69, 9.17) is 11.6 Å². The van der Waals surface area contributed by atoms with Crippen LogP contribution >= 0.6 is 27.5 Å². The molecule has 0 atom stereocenters. The maximum absolute atomic E-state index is 13.6. The van der Waals surface area contributed by atoms with E-state index in [1.165, 1.54) is 6.07 Å². The van der Waals surface area contributed by atoms with Crippen LogP contribution in [0, 0.1) is 5.82 Å². The van der Waals surface area contributed by atoms with Crippen molar-refractivity contribution in [3.05, 3.63) is 57.8 Å². The van der Waals surface area contributed by atoms with Gasteiger partial charge < -0.3 is 0 Å². The maximum Gasteiger partial charge on any atom is 0.132 e. The van der Waals surface area contributed by atoms with Gasteiger partial charge in [0.2, 0.25) is 0 Å². The number of hydrogen-bond donors (Lipinski definition) is 0. The standard InChI is InChI=1S/C12H7BrClF/c13-9-4-1-3-8(7-9)12-10(14)5-2-6-11(12)15/h1-7H. The molecule has 0 aliphatic heterocycles. The highest BCUT2D eigenvalue weighted by molar-refractivity contribution is 9.10. The summed E-state index contributed by atoms with van der Waals surface area (Å²) in [5, 5.41) is 0.424. The van der Waals surface area contributed by atoms with Crippen LogP contribution in [0.1, 0.15) is 0 Å². The van der Waals surface area contributed by atoms with E-state index in [1.807, 2.05) is 24.3 Å². The van der Waals surface area contributed by atoms with Crippen molar-refractivity contribution in [3.63, 3.8) is 0 Å². The van der Waals surface area contributed by atoms with E-state index in [0.717, 1.165) is 10.0 Å². The SMILES string of the molecule is Fc1cccc(Cl)c1-c1cccc(Br)c1. The first-order chi connectivity index (χ1) is 7.18. The minimum absolute atomic E-state index is 0.305. The van der Waals surface area contributed by atoms with Crippen LogP contribution in [-0.4, -0.2) is 0 Å². The molecule has 0 nitrogen and oxygen atoms in total. The average molecular weight is 286 g/mol. The summed E-state index contributed by atoms with van der Waals surface area (Å²) >= 11 is 9.30. The molecule has 0 saturated heterocycles. The monoisotopic (exact) mass is 284 g/mol. The van der Waals surface area contributed by atoms with E-state index in [2.05, 4.69) is 15.9 Å². The highest BCUT2D eigenvalue weighted by atomic mass is 79.9. The fourth-order valence-electron chi connectivity index (χ4n) is 1.42. The van der Waals surface area contributed by atoms with Crippen LogP contribution in [0.4, 0.5) is 4.39 Å². The van der Waals surface area contributed by atoms with Gasteiger partial charge in [0.25, 0.3) is 0 Å². The number of benzene rings is 2. The van der Waals surface area contributed by atoms with Crippen LogP contribution in [-0.2, 0) is 0 Å². The van der Waals surface area contributed by atoms with Crippen molar-refractivity contribution in [1.82, 2.24) is 0 Å². The van der Waals surface area contributed by atoms with Gasteiger partial charge >= 0.3 is 0 Å². The van der Waals surface area contributed by atoms with Gasteiger partial charge in [-0.25, -0.2) is 4.39 Å². The van der Waals surface area contributed by atoms with E-state index in [-0.39, 0.29) is 5.82 Å². The van der Waals surface area contributed by atoms with Crippen molar-refractivity contribution in [2.45, 2.75) is 0 Å². The minimum Gasteiger partial charge on any atom is -0.206 e. The molecule has 0 fully saturated rings. The topological polar surface area (TPSA) is 0 Å². The minimum atomic E-state index is -0.305. The Kier molecular flexibility index (Phi) is 3.08. The molecule has 0 aliphatic rings. The first-order valence-corrected chi connectivity index (χ1v) is 5.55. The largest absolute Gasteiger partial charge is 0.206 e. The Labute approximate surface area is 101 Å². The smallest absolute Gasteiger partial charge is 0.132 e. The molecule has 0 spiro atoms. The lowest BCUT2D eigenvalue weighted by molar-refractivity contribution is 0.631. The normalized spacial score (nSPS) is 10.3. The second-order valence-corrected chi connectivity index (χ2v) is 4.43. The lowest BCUT2D eigenvalue weighted by atomic mass is 10.1. The Morgan fingerprint density at radius 2 is 1.80 bits per heavy atom. The van der Waals surface area contributed by atoms with Gasteiger partial charge in [0.05, 0.1) is 5.02 Å². The van der Waals surface area contributed by atoms with Crippen LogP contribution in [0.25, 0.3) is 11.1 Å². The zero-order valence-electron chi connectivity index (χ0n) is 7.68. The van der Waals surface area contributed by atoms with Gasteiger partial charge in [-0.2, -0.15) is 0 Å². The van der Waals surface area contributed by atoms with Gasteiger partial charge in [0.15, 0.2) is 0 Å². The summed E-state index contributed by atoms with van der Waals surface area (Å²) in [6.45, 7) is 0. The second-order valence-electron chi connectivity index (χ2n) is 3.11. The molecule has 0 aromatic heterocycles. The quantitative estimate of drug-likeness (QED) is 0.698. The third kappa shape index (κ3) is 2.21. The highest BCUT2D eigenvalue weighted by Crippen LogP contribution is 2.31. The third-order valence-corrected chi connectivity index (χ3v) is 2.88. The Hall–Kier alpha value is -0.860. The summed E-state index contributed by atoms with van der Waals surface area (Å²) in [4.78, 5) is 0. The summed E-state index contributed by atoms with van der Waals surface area (Å²) in [6, 6.07) is 12.1. The molecule has 0 bridgehead atoms. The van der Waals surface area contributed by atoms with Crippen molar-refractivity contribution < 1.29 is 4.39 Å². The van der Waals surface area contributed by atoms with Crippen molar-refractivity contribution in [2.24, 2.45) is 0 Å². The zero-order valence-corrected chi connectivity index (χ0v) is 10.0. The molecule has 0 amide bonds.